The molecule has 1 N–H and O–H groups in total. The van der Waals surface area contributed by atoms with E-state index in [-0.39, 0.29) is 11.9 Å². The molecule has 21 heavy (non-hydrogen) atoms. The molecule has 0 saturated carbocycles. The highest BCUT2D eigenvalue weighted by molar-refractivity contribution is 7.19. The van der Waals surface area contributed by atoms with Crippen molar-refractivity contribution >= 4 is 21.4 Å². The summed E-state index contributed by atoms with van der Waals surface area (Å²) in [4.78, 5) is 1.23. The number of thiophene rings is 1. The minimum atomic E-state index is -0.172. The first kappa shape index (κ1) is 14.2. The summed E-state index contributed by atoms with van der Waals surface area (Å²) in [6.45, 7) is 4.85. The molecule has 3 heteroatoms. The SMILES string of the molecule is CCNC(c1cc(C)cc(F)c1)c1cc2ccccc2s1. The van der Waals surface area contributed by atoms with Crippen LogP contribution >= 0.6 is 11.3 Å². The third-order valence-electron chi connectivity index (χ3n) is 3.54. The Morgan fingerprint density at radius 2 is 1.95 bits per heavy atom. The van der Waals surface area contributed by atoms with Crippen LogP contribution in [0.3, 0.4) is 0 Å². The molecule has 0 amide bonds. The second-order valence-corrected chi connectivity index (χ2v) is 6.35. The van der Waals surface area contributed by atoms with Crippen LogP contribution < -0.4 is 5.32 Å². The van der Waals surface area contributed by atoms with Gasteiger partial charge in [0.15, 0.2) is 0 Å². The largest absolute Gasteiger partial charge is 0.306 e. The fourth-order valence-corrected chi connectivity index (χ4v) is 3.83. The van der Waals surface area contributed by atoms with Crippen LogP contribution in [0.25, 0.3) is 10.1 Å². The molecule has 0 aliphatic carbocycles. The topological polar surface area (TPSA) is 12.0 Å². The molecule has 0 saturated heterocycles. The quantitative estimate of drug-likeness (QED) is 0.711. The second-order valence-electron chi connectivity index (χ2n) is 5.24. The molecule has 1 heterocycles. The molecule has 0 fully saturated rings. The lowest BCUT2D eigenvalue weighted by atomic mass is 10.0. The Hall–Kier alpha value is -1.71. The summed E-state index contributed by atoms with van der Waals surface area (Å²) in [6.07, 6.45) is 0. The molecule has 0 spiro atoms. The maximum atomic E-state index is 13.7. The van der Waals surface area contributed by atoms with E-state index in [9.17, 15) is 4.39 Å². The van der Waals surface area contributed by atoms with Gasteiger partial charge in [0.05, 0.1) is 6.04 Å². The predicted molar refractivity (Wildman–Crippen MR) is 88.5 cm³/mol. The molecule has 1 aromatic heterocycles. The molecule has 3 rings (SSSR count). The van der Waals surface area contributed by atoms with Crippen molar-refractivity contribution in [2.45, 2.75) is 19.9 Å². The van der Waals surface area contributed by atoms with Gasteiger partial charge in [0.2, 0.25) is 0 Å². The highest BCUT2D eigenvalue weighted by Gasteiger charge is 2.17. The summed E-state index contributed by atoms with van der Waals surface area (Å²) < 4.78 is 15.0. The lowest BCUT2D eigenvalue weighted by molar-refractivity contribution is 0.605. The highest BCUT2D eigenvalue weighted by Crippen LogP contribution is 2.33. The first-order valence-electron chi connectivity index (χ1n) is 7.16. The van der Waals surface area contributed by atoms with Gasteiger partial charge in [0, 0.05) is 9.58 Å². The molecule has 1 unspecified atom stereocenters. The summed E-state index contributed by atoms with van der Waals surface area (Å²) in [5.74, 6) is -0.172. The third-order valence-corrected chi connectivity index (χ3v) is 4.72. The fraction of sp³-hybridized carbons (Fsp3) is 0.222. The van der Waals surface area contributed by atoms with Crippen LogP contribution in [-0.4, -0.2) is 6.54 Å². The van der Waals surface area contributed by atoms with Crippen LogP contribution in [-0.2, 0) is 0 Å². The van der Waals surface area contributed by atoms with Crippen molar-refractivity contribution in [1.29, 1.82) is 0 Å². The van der Waals surface area contributed by atoms with Crippen molar-refractivity contribution in [1.82, 2.24) is 5.32 Å². The van der Waals surface area contributed by atoms with Crippen LogP contribution in [0.4, 0.5) is 4.39 Å². The van der Waals surface area contributed by atoms with Crippen LogP contribution in [0.15, 0.2) is 48.5 Å². The molecule has 0 radical (unpaired) electrons. The first-order valence-corrected chi connectivity index (χ1v) is 7.98. The molecule has 108 valence electrons. The lowest BCUT2D eigenvalue weighted by Gasteiger charge is -2.17. The Bertz CT molecular complexity index is 710. The van der Waals surface area contributed by atoms with E-state index in [0.29, 0.717) is 0 Å². The average Bonchev–Trinajstić information content (AvgIpc) is 2.87. The van der Waals surface area contributed by atoms with E-state index >= 15 is 0 Å². The Kier molecular flexibility index (Phi) is 4.04. The van der Waals surface area contributed by atoms with Crippen molar-refractivity contribution in [3.05, 3.63) is 70.4 Å². The zero-order chi connectivity index (χ0) is 14.8. The number of halogens is 1. The van der Waals surface area contributed by atoms with E-state index in [1.807, 2.05) is 13.0 Å². The van der Waals surface area contributed by atoms with Gasteiger partial charge in [-0.15, -0.1) is 11.3 Å². The van der Waals surface area contributed by atoms with Gasteiger partial charge in [-0.1, -0.05) is 31.2 Å². The number of aryl methyl sites for hydroxylation is 1. The Morgan fingerprint density at radius 3 is 2.67 bits per heavy atom. The normalized spacial score (nSPS) is 12.7. The first-order chi connectivity index (χ1) is 10.2. The highest BCUT2D eigenvalue weighted by atomic mass is 32.1. The lowest BCUT2D eigenvalue weighted by Crippen LogP contribution is -2.21. The van der Waals surface area contributed by atoms with Crippen molar-refractivity contribution in [3.8, 4) is 0 Å². The number of fused-ring (bicyclic) bond motifs is 1. The summed E-state index contributed by atoms with van der Waals surface area (Å²) in [6, 6.07) is 15.8. The third kappa shape index (κ3) is 2.99. The fourth-order valence-electron chi connectivity index (χ4n) is 2.66. The minimum absolute atomic E-state index is 0.0433. The summed E-state index contributed by atoms with van der Waals surface area (Å²) in [5.41, 5.74) is 1.94. The molecule has 0 aliphatic heterocycles. The zero-order valence-electron chi connectivity index (χ0n) is 12.2. The Labute approximate surface area is 128 Å². The van der Waals surface area contributed by atoms with Gasteiger partial charge in [-0.25, -0.2) is 4.39 Å². The van der Waals surface area contributed by atoms with Crippen LogP contribution in [0.5, 0.6) is 0 Å². The molecule has 2 aromatic carbocycles. The van der Waals surface area contributed by atoms with Crippen molar-refractivity contribution < 1.29 is 4.39 Å². The summed E-state index contributed by atoms with van der Waals surface area (Å²) in [5, 5.41) is 4.72. The average molecular weight is 299 g/mol. The van der Waals surface area contributed by atoms with E-state index in [4.69, 9.17) is 0 Å². The van der Waals surface area contributed by atoms with E-state index in [1.165, 1.54) is 15.0 Å². The Morgan fingerprint density at radius 1 is 1.14 bits per heavy atom. The number of hydrogen-bond donors (Lipinski definition) is 1. The summed E-state index contributed by atoms with van der Waals surface area (Å²) >= 11 is 1.77. The number of benzene rings is 2. The second kappa shape index (κ2) is 5.96. The maximum Gasteiger partial charge on any atom is 0.123 e. The number of hydrogen-bond acceptors (Lipinski definition) is 2. The number of nitrogens with one attached hydrogen (secondary N) is 1. The van der Waals surface area contributed by atoms with E-state index in [1.54, 1.807) is 23.5 Å². The zero-order valence-corrected chi connectivity index (χ0v) is 13.0. The van der Waals surface area contributed by atoms with Gasteiger partial charge in [-0.2, -0.15) is 0 Å². The minimum Gasteiger partial charge on any atom is -0.306 e. The monoisotopic (exact) mass is 299 g/mol. The standard InChI is InChI=1S/C18H18FNS/c1-3-20-18(14-8-12(2)9-15(19)10-14)17-11-13-6-4-5-7-16(13)21-17/h4-11,18,20H,3H2,1-2H3. The van der Waals surface area contributed by atoms with E-state index < -0.39 is 0 Å². The van der Waals surface area contributed by atoms with Crippen LogP contribution in [0.1, 0.15) is 29.0 Å². The predicted octanol–water partition coefficient (Wildman–Crippen LogP) is 5.05. The van der Waals surface area contributed by atoms with Gasteiger partial charge in [0.1, 0.15) is 5.82 Å². The van der Waals surface area contributed by atoms with E-state index in [0.717, 1.165) is 17.7 Å². The van der Waals surface area contributed by atoms with E-state index in [2.05, 4.69) is 42.6 Å². The molecular weight excluding hydrogens is 281 g/mol. The molecule has 0 bridgehead atoms. The summed E-state index contributed by atoms with van der Waals surface area (Å²) in [7, 11) is 0. The van der Waals surface area contributed by atoms with Crippen molar-refractivity contribution in [2.75, 3.05) is 6.54 Å². The van der Waals surface area contributed by atoms with Crippen LogP contribution in [0.2, 0.25) is 0 Å². The smallest absolute Gasteiger partial charge is 0.123 e. The van der Waals surface area contributed by atoms with Gasteiger partial charge in [-0.05, 0) is 54.2 Å². The molecule has 3 aromatic rings. The van der Waals surface area contributed by atoms with Gasteiger partial charge in [0.25, 0.3) is 0 Å². The molecule has 1 atom stereocenters. The molecule has 0 aliphatic rings. The Balaban J connectivity index is 2.08. The van der Waals surface area contributed by atoms with Crippen molar-refractivity contribution in [3.63, 3.8) is 0 Å². The maximum absolute atomic E-state index is 13.7. The molecular formula is C18H18FNS. The van der Waals surface area contributed by atoms with Gasteiger partial charge >= 0.3 is 0 Å². The van der Waals surface area contributed by atoms with Gasteiger partial charge < -0.3 is 5.32 Å². The number of rotatable bonds is 4. The molecule has 1 nitrogen and oxygen atoms in total. The van der Waals surface area contributed by atoms with Gasteiger partial charge in [-0.3, -0.25) is 0 Å². The van der Waals surface area contributed by atoms with Crippen LogP contribution in [0, 0.1) is 12.7 Å². The van der Waals surface area contributed by atoms with Crippen molar-refractivity contribution in [2.24, 2.45) is 0 Å².